The molecule has 2 heterocycles. The highest BCUT2D eigenvalue weighted by atomic mass is 19.1. The Labute approximate surface area is 120 Å². The zero-order valence-electron chi connectivity index (χ0n) is 12.2. The minimum absolute atomic E-state index is 0.101. The molecule has 0 aliphatic carbocycles. The van der Waals surface area contributed by atoms with E-state index < -0.39 is 0 Å². The van der Waals surface area contributed by atoms with Gasteiger partial charge in [0.2, 0.25) is 0 Å². The van der Waals surface area contributed by atoms with Crippen molar-refractivity contribution in [3.63, 3.8) is 0 Å². The SMILES string of the molecule is CC1CC(N2CCN(c3ccccc3F)CC2)CCN1. The van der Waals surface area contributed by atoms with Crippen molar-refractivity contribution in [2.75, 3.05) is 37.6 Å². The number of halogens is 1. The van der Waals surface area contributed by atoms with Crippen LogP contribution in [0, 0.1) is 5.82 Å². The van der Waals surface area contributed by atoms with Crippen molar-refractivity contribution in [1.29, 1.82) is 0 Å². The number of anilines is 1. The summed E-state index contributed by atoms with van der Waals surface area (Å²) in [5, 5.41) is 3.51. The van der Waals surface area contributed by atoms with Crippen molar-refractivity contribution in [3.8, 4) is 0 Å². The Hall–Kier alpha value is -1.13. The molecule has 3 rings (SSSR count). The van der Waals surface area contributed by atoms with Gasteiger partial charge in [-0.3, -0.25) is 4.90 Å². The number of nitrogens with zero attached hydrogens (tertiary/aromatic N) is 2. The third-order valence-electron chi connectivity index (χ3n) is 4.62. The average molecular weight is 277 g/mol. The third-order valence-corrected chi connectivity index (χ3v) is 4.62. The van der Waals surface area contributed by atoms with Crippen molar-refractivity contribution in [2.24, 2.45) is 0 Å². The Kier molecular flexibility index (Phi) is 4.22. The zero-order valence-corrected chi connectivity index (χ0v) is 12.2. The van der Waals surface area contributed by atoms with Crippen LogP contribution >= 0.6 is 0 Å². The number of rotatable bonds is 2. The summed E-state index contributed by atoms with van der Waals surface area (Å²) in [5.41, 5.74) is 0.755. The van der Waals surface area contributed by atoms with Gasteiger partial charge in [-0.25, -0.2) is 4.39 Å². The molecule has 2 fully saturated rings. The molecule has 2 aliphatic rings. The standard InChI is InChI=1S/C16H24FN3/c1-13-12-14(6-7-18-13)19-8-10-20(11-9-19)16-5-3-2-4-15(16)17/h2-5,13-14,18H,6-12H2,1H3. The van der Waals surface area contributed by atoms with Gasteiger partial charge in [-0.05, 0) is 38.4 Å². The number of nitrogens with one attached hydrogen (secondary N) is 1. The normalized spacial score (nSPS) is 28.6. The summed E-state index contributed by atoms with van der Waals surface area (Å²) in [5.74, 6) is -0.101. The van der Waals surface area contributed by atoms with E-state index in [0.29, 0.717) is 12.1 Å². The van der Waals surface area contributed by atoms with Gasteiger partial charge in [-0.15, -0.1) is 0 Å². The smallest absolute Gasteiger partial charge is 0.146 e. The Morgan fingerprint density at radius 1 is 1.15 bits per heavy atom. The van der Waals surface area contributed by atoms with E-state index >= 15 is 0 Å². The number of benzene rings is 1. The van der Waals surface area contributed by atoms with Gasteiger partial charge in [0.05, 0.1) is 5.69 Å². The Morgan fingerprint density at radius 3 is 2.60 bits per heavy atom. The lowest BCUT2D eigenvalue weighted by molar-refractivity contribution is 0.139. The van der Waals surface area contributed by atoms with E-state index in [1.54, 1.807) is 12.1 Å². The van der Waals surface area contributed by atoms with Crippen LogP contribution in [-0.2, 0) is 0 Å². The van der Waals surface area contributed by atoms with Crippen LogP contribution in [0.4, 0.5) is 10.1 Å². The Balaban J connectivity index is 1.58. The van der Waals surface area contributed by atoms with Crippen molar-refractivity contribution >= 4 is 5.69 Å². The fourth-order valence-corrected chi connectivity index (χ4v) is 3.47. The lowest BCUT2D eigenvalue weighted by Gasteiger charge is -2.42. The van der Waals surface area contributed by atoms with Crippen LogP contribution in [0.2, 0.25) is 0 Å². The van der Waals surface area contributed by atoms with Gasteiger partial charge in [-0.2, -0.15) is 0 Å². The molecule has 0 radical (unpaired) electrons. The van der Waals surface area contributed by atoms with Crippen molar-refractivity contribution in [3.05, 3.63) is 30.1 Å². The predicted molar refractivity (Wildman–Crippen MR) is 80.7 cm³/mol. The molecule has 0 spiro atoms. The Bertz CT molecular complexity index is 443. The topological polar surface area (TPSA) is 18.5 Å². The van der Waals surface area contributed by atoms with E-state index in [2.05, 4.69) is 22.0 Å². The molecular formula is C16H24FN3. The molecule has 4 heteroatoms. The number of hydrogen-bond acceptors (Lipinski definition) is 3. The summed E-state index contributed by atoms with van der Waals surface area (Å²) in [6, 6.07) is 8.44. The average Bonchev–Trinajstić information content (AvgIpc) is 2.48. The van der Waals surface area contributed by atoms with Crippen molar-refractivity contribution < 1.29 is 4.39 Å². The number of para-hydroxylation sites is 1. The first-order chi connectivity index (χ1) is 9.74. The van der Waals surface area contributed by atoms with Gasteiger partial charge >= 0.3 is 0 Å². The number of hydrogen-bond donors (Lipinski definition) is 1. The lowest BCUT2D eigenvalue weighted by Crippen LogP contribution is -2.54. The summed E-state index contributed by atoms with van der Waals surface area (Å²) >= 11 is 0. The first-order valence-corrected chi connectivity index (χ1v) is 7.71. The lowest BCUT2D eigenvalue weighted by atomic mass is 9.98. The molecule has 1 N–H and O–H groups in total. The van der Waals surface area contributed by atoms with Crippen LogP contribution in [-0.4, -0.2) is 49.7 Å². The van der Waals surface area contributed by atoms with Gasteiger partial charge in [-0.1, -0.05) is 12.1 Å². The molecule has 2 saturated heterocycles. The van der Waals surface area contributed by atoms with Crippen molar-refractivity contribution in [1.82, 2.24) is 10.2 Å². The minimum Gasteiger partial charge on any atom is -0.367 e. The van der Waals surface area contributed by atoms with Crippen LogP contribution in [0.3, 0.4) is 0 Å². The molecule has 3 nitrogen and oxygen atoms in total. The van der Waals surface area contributed by atoms with E-state index in [-0.39, 0.29) is 5.82 Å². The molecule has 0 bridgehead atoms. The maximum Gasteiger partial charge on any atom is 0.146 e. The molecule has 1 aromatic carbocycles. The predicted octanol–water partition coefficient (Wildman–Crippen LogP) is 2.09. The summed E-state index contributed by atoms with van der Waals surface area (Å²) in [7, 11) is 0. The maximum atomic E-state index is 13.8. The molecule has 0 amide bonds. The van der Waals surface area contributed by atoms with Gasteiger partial charge in [0, 0.05) is 38.3 Å². The summed E-state index contributed by atoms with van der Waals surface area (Å²) in [4.78, 5) is 4.77. The quantitative estimate of drug-likeness (QED) is 0.893. The zero-order chi connectivity index (χ0) is 13.9. The van der Waals surface area contributed by atoms with Crippen molar-refractivity contribution in [2.45, 2.75) is 31.8 Å². The van der Waals surface area contributed by atoms with Crippen LogP contribution < -0.4 is 10.2 Å². The fourth-order valence-electron chi connectivity index (χ4n) is 3.47. The van der Waals surface area contributed by atoms with E-state index in [0.717, 1.165) is 38.4 Å². The summed E-state index contributed by atoms with van der Waals surface area (Å²) < 4.78 is 13.8. The second-order valence-corrected chi connectivity index (χ2v) is 6.01. The number of piperidine rings is 1. The van der Waals surface area contributed by atoms with Gasteiger partial charge < -0.3 is 10.2 Å². The van der Waals surface area contributed by atoms with Crippen LogP contribution in [0.15, 0.2) is 24.3 Å². The molecule has 110 valence electrons. The summed E-state index contributed by atoms with van der Waals surface area (Å²) in [6.07, 6.45) is 2.48. The highest BCUT2D eigenvalue weighted by Crippen LogP contribution is 2.23. The molecule has 1 aromatic rings. The van der Waals surface area contributed by atoms with E-state index in [4.69, 9.17) is 0 Å². The first-order valence-electron chi connectivity index (χ1n) is 7.71. The third kappa shape index (κ3) is 2.96. The van der Waals surface area contributed by atoms with Gasteiger partial charge in [0.25, 0.3) is 0 Å². The molecule has 2 unspecified atom stereocenters. The van der Waals surface area contributed by atoms with Gasteiger partial charge in [0.15, 0.2) is 0 Å². The van der Waals surface area contributed by atoms with Crippen LogP contribution in [0.5, 0.6) is 0 Å². The molecular weight excluding hydrogens is 253 g/mol. The molecule has 2 atom stereocenters. The van der Waals surface area contributed by atoms with Gasteiger partial charge in [0.1, 0.15) is 5.82 Å². The van der Waals surface area contributed by atoms with E-state index in [1.165, 1.54) is 12.8 Å². The molecule has 0 aromatic heterocycles. The largest absolute Gasteiger partial charge is 0.367 e. The molecule has 2 aliphatic heterocycles. The van der Waals surface area contributed by atoms with E-state index in [1.807, 2.05) is 12.1 Å². The van der Waals surface area contributed by atoms with E-state index in [9.17, 15) is 4.39 Å². The fraction of sp³-hybridized carbons (Fsp3) is 0.625. The monoisotopic (exact) mass is 277 g/mol. The van der Waals surface area contributed by atoms with Crippen LogP contribution in [0.25, 0.3) is 0 Å². The molecule has 0 saturated carbocycles. The van der Waals surface area contributed by atoms with Crippen LogP contribution in [0.1, 0.15) is 19.8 Å². The Morgan fingerprint density at radius 2 is 1.90 bits per heavy atom. The maximum absolute atomic E-state index is 13.8. The second-order valence-electron chi connectivity index (χ2n) is 6.01. The second kappa shape index (κ2) is 6.10. The summed E-state index contributed by atoms with van der Waals surface area (Å²) in [6.45, 7) is 7.34. The molecule has 20 heavy (non-hydrogen) atoms. The number of piperazine rings is 1. The highest BCUT2D eigenvalue weighted by molar-refractivity contribution is 5.48. The minimum atomic E-state index is -0.101. The highest BCUT2D eigenvalue weighted by Gasteiger charge is 2.27. The first kappa shape index (κ1) is 13.8.